The van der Waals surface area contributed by atoms with Crippen LogP contribution in [0.5, 0.6) is 5.75 Å². The normalized spacial score (nSPS) is 11.2. The summed E-state index contributed by atoms with van der Waals surface area (Å²) in [4.78, 5) is 13.0. The average Bonchev–Trinajstić information content (AvgIpc) is 2.79. The van der Waals surface area contributed by atoms with Crippen molar-refractivity contribution in [2.75, 3.05) is 23.3 Å². The van der Waals surface area contributed by atoms with Crippen LogP contribution in [0.4, 0.5) is 11.4 Å². The van der Waals surface area contributed by atoms with Crippen molar-refractivity contribution < 1.29 is 17.9 Å². The van der Waals surface area contributed by atoms with Gasteiger partial charge in [0.25, 0.3) is 10.0 Å². The molecule has 0 saturated heterocycles. The zero-order valence-electron chi connectivity index (χ0n) is 18.4. The number of nitrogens with one attached hydrogen (secondary N) is 1. The van der Waals surface area contributed by atoms with E-state index in [4.69, 9.17) is 27.9 Å². The zero-order chi connectivity index (χ0) is 24.2. The van der Waals surface area contributed by atoms with Crippen molar-refractivity contribution in [2.24, 2.45) is 0 Å². The van der Waals surface area contributed by atoms with Crippen molar-refractivity contribution in [1.82, 2.24) is 0 Å². The van der Waals surface area contributed by atoms with E-state index in [1.165, 1.54) is 31.4 Å². The van der Waals surface area contributed by atoms with Crippen molar-refractivity contribution in [1.29, 1.82) is 0 Å². The highest BCUT2D eigenvalue weighted by atomic mass is 35.5. The van der Waals surface area contributed by atoms with Gasteiger partial charge in [-0.2, -0.15) is 0 Å². The molecule has 1 N–H and O–H groups in total. The van der Waals surface area contributed by atoms with Crippen molar-refractivity contribution >= 4 is 50.5 Å². The SMILES string of the molecule is CCc1ccccc1NC(=O)CN(c1ccc(Cl)c(Cl)c1)S(=O)(=O)c1cc(C)ccc1OC. The Morgan fingerprint density at radius 2 is 1.76 bits per heavy atom. The molecule has 6 nitrogen and oxygen atoms in total. The van der Waals surface area contributed by atoms with Crippen LogP contribution in [0, 0.1) is 6.92 Å². The fourth-order valence-electron chi connectivity index (χ4n) is 3.33. The molecule has 0 fully saturated rings. The molecule has 0 heterocycles. The van der Waals surface area contributed by atoms with Gasteiger partial charge in [0, 0.05) is 5.69 Å². The summed E-state index contributed by atoms with van der Waals surface area (Å²) in [6, 6.07) is 16.6. The van der Waals surface area contributed by atoms with Gasteiger partial charge in [0.05, 0.1) is 22.8 Å². The van der Waals surface area contributed by atoms with Gasteiger partial charge in [-0.25, -0.2) is 8.42 Å². The molecule has 0 radical (unpaired) electrons. The molecule has 174 valence electrons. The number of carbonyl (C=O) groups is 1. The molecular formula is C24H24Cl2N2O4S. The minimum Gasteiger partial charge on any atom is -0.495 e. The first-order valence-electron chi connectivity index (χ1n) is 10.2. The van der Waals surface area contributed by atoms with E-state index in [1.54, 1.807) is 31.2 Å². The van der Waals surface area contributed by atoms with Gasteiger partial charge in [-0.05, 0) is 60.9 Å². The molecule has 33 heavy (non-hydrogen) atoms. The van der Waals surface area contributed by atoms with Gasteiger partial charge in [0.2, 0.25) is 5.91 Å². The molecule has 0 bridgehead atoms. The van der Waals surface area contributed by atoms with E-state index in [0.29, 0.717) is 12.1 Å². The summed E-state index contributed by atoms with van der Waals surface area (Å²) in [5.41, 5.74) is 2.50. The third kappa shape index (κ3) is 5.61. The molecule has 3 rings (SSSR count). The molecule has 0 saturated carbocycles. The number of rotatable bonds is 8. The van der Waals surface area contributed by atoms with Gasteiger partial charge in [0.15, 0.2) is 0 Å². The van der Waals surface area contributed by atoms with Crippen LogP contribution in [0.25, 0.3) is 0 Å². The first-order valence-corrected chi connectivity index (χ1v) is 12.4. The van der Waals surface area contributed by atoms with Crippen LogP contribution < -0.4 is 14.4 Å². The van der Waals surface area contributed by atoms with Crippen molar-refractivity contribution in [3.8, 4) is 5.75 Å². The van der Waals surface area contributed by atoms with Crippen LogP contribution in [-0.2, 0) is 21.2 Å². The Morgan fingerprint density at radius 1 is 1.03 bits per heavy atom. The summed E-state index contributed by atoms with van der Waals surface area (Å²) >= 11 is 12.2. The molecule has 9 heteroatoms. The minimum absolute atomic E-state index is 0.0576. The van der Waals surface area contributed by atoms with Crippen LogP contribution in [-0.4, -0.2) is 28.0 Å². The van der Waals surface area contributed by atoms with Gasteiger partial charge in [0.1, 0.15) is 17.2 Å². The molecule has 0 aliphatic heterocycles. The van der Waals surface area contributed by atoms with E-state index in [9.17, 15) is 13.2 Å². The van der Waals surface area contributed by atoms with Gasteiger partial charge in [-0.1, -0.05) is 54.4 Å². The Balaban J connectivity index is 2.06. The van der Waals surface area contributed by atoms with Crippen LogP contribution >= 0.6 is 23.2 Å². The fourth-order valence-corrected chi connectivity index (χ4v) is 5.28. The monoisotopic (exact) mass is 506 g/mol. The predicted octanol–water partition coefficient (Wildman–Crippen LogP) is 5.71. The number of para-hydroxylation sites is 1. The summed E-state index contributed by atoms with van der Waals surface area (Å²) in [6.45, 7) is 3.27. The quantitative estimate of drug-likeness (QED) is 0.424. The second kappa shape index (κ2) is 10.5. The molecule has 0 aliphatic rings. The lowest BCUT2D eigenvalue weighted by Gasteiger charge is -2.25. The zero-order valence-corrected chi connectivity index (χ0v) is 20.8. The summed E-state index contributed by atoms with van der Waals surface area (Å²) in [5.74, 6) is -0.334. The van der Waals surface area contributed by atoms with E-state index in [1.807, 2.05) is 19.1 Å². The molecule has 1 amide bonds. The maximum absolute atomic E-state index is 13.8. The Hall–Kier alpha value is -2.74. The first kappa shape index (κ1) is 24.9. The molecule has 0 atom stereocenters. The standard InChI is InChI=1S/C24H24Cl2N2O4S/c1-4-17-7-5-6-8-21(17)27-24(29)15-28(18-10-11-19(25)20(26)14-18)33(30,31)23-13-16(2)9-12-22(23)32-3/h5-14H,4,15H2,1-3H3,(H,27,29). The Kier molecular flexibility index (Phi) is 7.89. The van der Waals surface area contributed by atoms with E-state index in [0.717, 1.165) is 15.4 Å². The Labute approximate surface area is 204 Å². The molecule has 3 aromatic rings. The van der Waals surface area contributed by atoms with E-state index in [-0.39, 0.29) is 26.4 Å². The van der Waals surface area contributed by atoms with Crippen molar-refractivity contribution in [3.63, 3.8) is 0 Å². The molecule has 3 aromatic carbocycles. The number of anilines is 2. The number of nitrogens with zero attached hydrogens (tertiary/aromatic N) is 1. The highest BCUT2D eigenvalue weighted by Crippen LogP contribution is 2.34. The number of benzene rings is 3. The lowest BCUT2D eigenvalue weighted by Crippen LogP contribution is -2.38. The molecule has 0 spiro atoms. The third-order valence-electron chi connectivity index (χ3n) is 5.04. The Morgan fingerprint density at radius 3 is 2.42 bits per heavy atom. The van der Waals surface area contributed by atoms with Crippen LogP contribution in [0.2, 0.25) is 10.0 Å². The topological polar surface area (TPSA) is 75.7 Å². The summed E-state index contributed by atoms with van der Waals surface area (Å²) in [7, 11) is -2.82. The van der Waals surface area contributed by atoms with Gasteiger partial charge < -0.3 is 10.1 Å². The maximum atomic E-state index is 13.8. The summed E-state index contributed by atoms with van der Waals surface area (Å²) < 4.78 is 33.8. The van der Waals surface area contributed by atoms with E-state index < -0.39 is 22.5 Å². The number of hydrogen-bond acceptors (Lipinski definition) is 4. The summed E-state index contributed by atoms with van der Waals surface area (Å²) in [6.07, 6.45) is 0.714. The molecule has 0 aromatic heterocycles. The molecule has 0 aliphatic carbocycles. The van der Waals surface area contributed by atoms with Crippen LogP contribution in [0.1, 0.15) is 18.1 Å². The highest BCUT2D eigenvalue weighted by molar-refractivity contribution is 7.93. The number of amides is 1. The molecule has 0 unspecified atom stereocenters. The number of methoxy groups -OCH3 is 1. The number of aryl methyl sites for hydroxylation is 2. The van der Waals surface area contributed by atoms with Gasteiger partial charge in [-0.15, -0.1) is 0 Å². The average molecular weight is 507 g/mol. The number of ether oxygens (including phenoxy) is 1. The van der Waals surface area contributed by atoms with E-state index >= 15 is 0 Å². The summed E-state index contributed by atoms with van der Waals surface area (Å²) in [5, 5.41) is 3.26. The third-order valence-corrected chi connectivity index (χ3v) is 7.57. The maximum Gasteiger partial charge on any atom is 0.268 e. The Bertz CT molecular complexity index is 1280. The number of carbonyl (C=O) groups excluding carboxylic acids is 1. The minimum atomic E-state index is -4.21. The number of hydrogen-bond donors (Lipinski definition) is 1. The predicted molar refractivity (Wildman–Crippen MR) is 133 cm³/mol. The smallest absolute Gasteiger partial charge is 0.268 e. The fraction of sp³-hybridized carbons (Fsp3) is 0.208. The van der Waals surface area contributed by atoms with Crippen LogP contribution in [0.3, 0.4) is 0 Å². The van der Waals surface area contributed by atoms with E-state index in [2.05, 4.69) is 5.32 Å². The molecular weight excluding hydrogens is 483 g/mol. The van der Waals surface area contributed by atoms with Crippen molar-refractivity contribution in [3.05, 3.63) is 81.8 Å². The second-order valence-corrected chi connectivity index (χ2v) is 9.97. The highest BCUT2D eigenvalue weighted by Gasteiger charge is 2.30. The lowest BCUT2D eigenvalue weighted by atomic mass is 10.1. The first-order chi connectivity index (χ1) is 15.7. The van der Waals surface area contributed by atoms with Gasteiger partial charge in [-0.3, -0.25) is 9.10 Å². The lowest BCUT2D eigenvalue weighted by molar-refractivity contribution is -0.114. The van der Waals surface area contributed by atoms with Gasteiger partial charge >= 0.3 is 0 Å². The second-order valence-electron chi connectivity index (χ2n) is 7.32. The number of sulfonamides is 1. The number of halogens is 2. The largest absolute Gasteiger partial charge is 0.495 e. The van der Waals surface area contributed by atoms with Crippen molar-refractivity contribution in [2.45, 2.75) is 25.2 Å². The van der Waals surface area contributed by atoms with Crippen LogP contribution in [0.15, 0.2) is 65.6 Å².